The summed E-state index contributed by atoms with van der Waals surface area (Å²) >= 11 is 11.0. The molecule has 0 aliphatic heterocycles. The van der Waals surface area contributed by atoms with Gasteiger partial charge in [-0.05, 0) is 49.5 Å². The second kappa shape index (κ2) is 7.19. The van der Waals surface area contributed by atoms with Crippen molar-refractivity contribution >= 4 is 46.1 Å². The number of hydrogen-bond donors (Lipinski definition) is 2. The predicted molar refractivity (Wildman–Crippen MR) is 92.7 cm³/mol. The van der Waals surface area contributed by atoms with Crippen LogP contribution in [0.4, 0.5) is 24.5 Å². The minimum absolute atomic E-state index is 0.0340. The summed E-state index contributed by atoms with van der Waals surface area (Å²) in [5.74, 6) is -0.113. The first-order chi connectivity index (χ1) is 11.2. The Kier molecular flexibility index (Phi) is 5.46. The van der Waals surface area contributed by atoms with Crippen molar-refractivity contribution in [3.63, 3.8) is 0 Å². The van der Waals surface area contributed by atoms with Gasteiger partial charge in [-0.3, -0.25) is 4.79 Å². The van der Waals surface area contributed by atoms with Gasteiger partial charge in [-0.25, -0.2) is 0 Å². The molecule has 2 N–H and O–H groups in total. The second-order valence-corrected chi connectivity index (χ2v) is 5.72. The van der Waals surface area contributed by atoms with Crippen molar-refractivity contribution in [3.05, 3.63) is 58.6 Å². The van der Waals surface area contributed by atoms with Crippen LogP contribution in [0.25, 0.3) is 0 Å². The molecular formula is C16H12ClF3N2OS. The molecule has 0 bridgehead atoms. The molecular weight excluding hydrogens is 361 g/mol. The maximum absolute atomic E-state index is 12.8. The van der Waals surface area contributed by atoms with Gasteiger partial charge in [0.15, 0.2) is 10.9 Å². The second-order valence-electron chi connectivity index (χ2n) is 4.91. The summed E-state index contributed by atoms with van der Waals surface area (Å²) < 4.78 is 38.3. The third-order valence-corrected chi connectivity index (χ3v) is 3.60. The van der Waals surface area contributed by atoms with E-state index >= 15 is 0 Å². The number of alkyl halides is 3. The molecule has 0 spiro atoms. The molecule has 0 saturated heterocycles. The quantitative estimate of drug-likeness (QED) is 0.561. The van der Waals surface area contributed by atoms with Crippen LogP contribution in [0.3, 0.4) is 0 Å². The van der Waals surface area contributed by atoms with E-state index < -0.39 is 11.7 Å². The maximum atomic E-state index is 12.8. The van der Waals surface area contributed by atoms with E-state index in [1.165, 1.54) is 6.92 Å². The fraction of sp³-hybridized carbons (Fsp3) is 0.125. The lowest BCUT2D eigenvalue weighted by Gasteiger charge is -2.14. The van der Waals surface area contributed by atoms with Crippen LogP contribution in [0.15, 0.2) is 42.5 Å². The number of rotatable bonds is 3. The normalized spacial score (nSPS) is 11.0. The Bertz CT molecular complexity index is 793. The van der Waals surface area contributed by atoms with E-state index in [0.29, 0.717) is 11.3 Å². The molecule has 0 radical (unpaired) electrons. The molecule has 0 atom stereocenters. The first-order valence-electron chi connectivity index (χ1n) is 6.72. The summed E-state index contributed by atoms with van der Waals surface area (Å²) in [6.07, 6.45) is -4.48. The molecule has 0 heterocycles. The first-order valence-corrected chi connectivity index (χ1v) is 7.51. The first kappa shape index (κ1) is 18.2. The third kappa shape index (κ3) is 4.69. The molecule has 8 heteroatoms. The van der Waals surface area contributed by atoms with Gasteiger partial charge in [0.25, 0.3) is 0 Å². The number of benzene rings is 2. The molecule has 2 aromatic rings. The van der Waals surface area contributed by atoms with Crippen molar-refractivity contribution in [3.8, 4) is 0 Å². The van der Waals surface area contributed by atoms with Crippen LogP contribution >= 0.6 is 23.8 Å². The van der Waals surface area contributed by atoms with Crippen LogP contribution in [-0.4, -0.2) is 10.9 Å². The van der Waals surface area contributed by atoms with Gasteiger partial charge in [-0.15, -0.1) is 0 Å². The number of anilines is 2. The van der Waals surface area contributed by atoms with Crippen LogP contribution in [0.5, 0.6) is 0 Å². The average molecular weight is 373 g/mol. The lowest BCUT2D eigenvalue weighted by molar-refractivity contribution is -0.137. The molecule has 0 aliphatic rings. The molecule has 126 valence electrons. The highest BCUT2D eigenvalue weighted by Gasteiger charge is 2.31. The Labute approximate surface area is 146 Å². The van der Waals surface area contributed by atoms with E-state index in [-0.39, 0.29) is 21.6 Å². The number of ketones is 1. The molecule has 0 amide bonds. The van der Waals surface area contributed by atoms with Gasteiger partial charge in [-0.2, -0.15) is 13.2 Å². The molecule has 0 aromatic heterocycles. The van der Waals surface area contributed by atoms with Gasteiger partial charge in [-0.1, -0.05) is 23.7 Å². The summed E-state index contributed by atoms with van der Waals surface area (Å²) in [5.41, 5.74) is 0.214. The van der Waals surface area contributed by atoms with Crippen molar-refractivity contribution in [1.82, 2.24) is 0 Å². The number of thiocarbonyl (C=S) groups is 1. The van der Waals surface area contributed by atoms with Crippen molar-refractivity contribution in [2.24, 2.45) is 0 Å². The molecule has 0 saturated carbocycles. The Morgan fingerprint density at radius 1 is 1.12 bits per heavy atom. The van der Waals surface area contributed by atoms with Crippen molar-refractivity contribution in [2.75, 3.05) is 10.6 Å². The zero-order chi connectivity index (χ0) is 17.9. The summed E-state index contributed by atoms with van der Waals surface area (Å²) in [4.78, 5) is 11.4. The SMILES string of the molecule is CC(=O)c1cccc(NC(=S)Nc2cc(C(F)(F)F)ccc2Cl)c1. The highest BCUT2D eigenvalue weighted by molar-refractivity contribution is 7.80. The minimum atomic E-state index is -4.48. The monoisotopic (exact) mass is 372 g/mol. The number of nitrogens with one attached hydrogen (secondary N) is 2. The van der Waals surface area contributed by atoms with Crippen LogP contribution in [0.2, 0.25) is 5.02 Å². The molecule has 2 rings (SSSR count). The van der Waals surface area contributed by atoms with E-state index in [4.69, 9.17) is 23.8 Å². The molecule has 0 unspecified atom stereocenters. The topological polar surface area (TPSA) is 41.1 Å². The summed E-state index contributed by atoms with van der Waals surface area (Å²) in [5, 5.41) is 5.58. The van der Waals surface area contributed by atoms with E-state index in [1.54, 1.807) is 24.3 Å². The van der Waals surface area contributed by atoms with E-state index in [0.717, 1.165) is 18.2 Å². The molecule has 24 heavy (non-hydrogen) atoms. The van der Waals surface area contributed by atoms with Gasteiger partial charge < -0.3 is 10.6 Å². The lowest BCUT2D eigenvalue weighted by atomic mass is 10.1. The molecule has 3 nitrogen and oxygen atoms in total. The van der Waals surface area contributed by atoms with Crippen molar-refractivity contribution < 1.29 is 18.0 Å². The smallest absolute Gasteiger partial charge is 0.332 e. The lowest BCUT2D eigenvalue weighted by Crippen LogP contribution is -2.20. The Balaban J connectivity index is 2.15. The minimum Gasteiger partial charge on any atom is -0.332 e. The Morgan fingerprint density at radius 3 is 2.46 bits per heavy atom. The highest BCUT2D eigenvalue weighted by atomic mass is 35.5. The van der Waals surface area contributed by atoms with Crippen LogP contribution in [0, 0.1) is 0 Å². The van der Waals surface area contributed by atoms with Gasteiger partial charge in [0.1, 0.15) is 0 Å². The molecule has 2 aromatic carbocycles. The molecule has 0 aliphatic carbocycles. The standard InChI is InChI=1S/C16H12ClF3N2OS/c1-9(23)10-3-2-4-12(7-10)21-15(24)22-14-8-11(16(18,19)20)5-6-13(14)17/h2-8H,1H3,(H2,21,22,24). The predicted octanol–water partition coefficient (Wildman–Crippen LogP) is 5.37. The van der Waals surface area contributed by atoms with Crippen LogP contribution in [0.1, 0.15) is 22.8 Å². The Hall–Kier alpha value is -2.12. The van der Waals surface area contributed by atoms with E-state index in [2.05, 4.69) is 10.6 Å². The average Bonchev–Trinajstić information content (AvgIpc) is 2.48. The van der Waals surface area contributed by atoms with Gasteiger partial charge in [0.2, 0.25) is 0 Å². The third-order valence-electron chi connectivity index (χ3n) is 3.07. The van der Waals surface area contributed by atoms with Gasteiger partial charge in [0.05, 0.1) is 16.3 Å². The van der Waals surface area contributed by atoms with Crippen molar-refractivity contribution in [1.29, 1.82) is 0 Å². The number of Topliss-reactive ketones (excluding diaryl/α,β-unsaturated/α-hetero) is 1. The van der Waals surface area contributed by atoms with Crippen LogP contribution in [-0.2, 0) is 6.18 Å². The van der Waals surface area contributed by atoms with Crippen molar-refractivity contribution in [2.45, 2.75) is 13.1 Å². The highest BCUT2D eigenvalue weighted by Crippen LogP contribution is 2.33. The fourth-order valence-electron chi connectivity index (χ4n) is 1.90. The van der Waals surface area contributed by atoms with E-state index in [1.807, 2.05) is 0 Å². The number of halogens is 4. The fourth-order valence-corrected chi connectivity index (χ4v) is 2.29. The van der Waals surface area contributed by atoms with E-state index in [9.17, 15) is 18.0 Å². The molecule has 0 fully saturated rings. The summed E-state index contributed by atoms with van der Waals surface area (Å²) in [6.45, 7) is 1.43. The maximum Gasteiger partial charge on any atom is 0.416 e. The zero-order valence-electron chi connectivity index (χ0n) is 12.4. The Morgan fingerprint density at radius 2 is 1.83 bits per heavy atom. The number of carbonyl (C=O) groups is 1. The van der Waals surface area contributed by atoms with Gasteiger partial charge >= 0.3 is 6.18 Å². The largest absolute Gasteiger partial charge is 0.416 e. The van der Waals surface area contributed by atoms with Crippen LogP contribution < -0.4 is 10.6 Å². The number of hydrogen-bond acceptors (Lipinski definition) is 2. The summed E-state index contributed by atoms with van der Waals surface area (Å²) in [6, 6.07) is 9.49. The van der Waals surface area contributed by atoms with Gasteiger partial charge in [0, 0.05) is 11.3 Å². The zero-order valence-corrected chi connectivity index (χ0v) is 13.9. The number of carbonyl (C=O) groups excluding carboxylic acids is 1. The summed E-state index contributed by atoms with van der Waals surface area (Å²) in [7, 11) is 0.